The van der Waals surface area contributed by atoms with E-state index in [9.17, 15) is 10.2 Å². The van der Waals surface area contributed by atoms with Crippen LogP contribution in [-0.2, 0) is 13.1 Å². The van der Waals surface area contributed by atoms with Gasteiger partial charge >= 0.3 is 0 Å². The van der Waals surface area contributed by atoms with Crippen molar-refractivity contribution in [2.45, 2.75) is 38.3 Å². The lowest BCUT2D eigenvalue weighted by Gasteiger charge is -2.31. The molecule has 0 amide bonds. The molecule has 0 saturated heterocycles. The van der Waals surface area contributed by atoms with Crippen LogP contribution in [0.15, 0.2) is 73.3 Å². The zero-order valence-corrected chi connectivity index (χ0v) is 14.0. The van der Waals surface area contributed by atoms with Crippen LogP contribution in [0.3, 0.4) is 0 Å². The fourth-order valence-electron chi connectivity index (χ4n) is 2.53. The van der Waals surface area contributed by atoms with E-state index in [0.717, 1.165) is 11.1 Å². The van der Waals surface area contributed by atoms with E-state index in [1.54, 1.807) is 13.0 Å². The van der Waals surface area contributed by atoms with E-state index in [1.807, 2.05) is 41.4 Å². The molecular formula is C20H26N2O2. The highest BCUT2D eigenvalue weighted by atomic mass is 16.3. The summed E-state index contributed by atoms with van der Waals surface area (Å²) < 4.78 is 0. The standard InChI is InChI=1S/C20H26N2O2/c1-3-19(20(24)16(2)23)21-22(14-17-10-6-4-7-11-17)15-18-12-8-5-9-13-18/h3-13,16,19-21,23-24H,1,14-15H2,2H3/t16-,19-,20+/m0/s1. The molecule has 2 aromatic carbocycles. The van der Waals surface area contributed by atoms with Crippen LogP contribution < -0.4 is 5.43 Å². The van der Waals surface area contributed by atoms with Gasteiger partial charge in [-0.2, -0.15) is 0 Å². The Morgan fingerprint density at radius 1 is 0.958 bits per heavy atom. The summed E-state index contributed by atoms with van der Waals surface area (Å²) in [6.07, 6.45) is -0.132. The minimum Gasteiger partial charge on any atom is -0.391 e. The van der Waals surface area contributed by atoms with Crippen molar-refractivity contribution in [1.82, 2.24) is 10.4 Å². The summed E-state index contributed by atoms with van der Waals surface area (Å²) in [5, 5.41) is 21.8. The SMILES string of the molecule is C=C[C@H](NN(Cc1ccccc1)Cc1ccccc1)[C@H](O)[C@H](C)O. The molecule has 0 aliphatic rings. The summed E-state index contributed by atoms with van der Waals surface area (Å²) in [6.45, 7) is 6.69. The molecule has 0 radical (unpaired) electrons. The van der Waals surface area contributed by atoms with Gasteiger partial charge in [0, 0.05) is 13.1 Å². The Kier molecular flexibility index (Phi) is 7.15. The highest BCUT2D eigenvalue weighted by molar-refractivity contribution is 5.17. The molecule has 4 heteroatoms. The van der Waals surface area contributed by atoms with Gasteiger partial charge in [0.25, 0.3) is 0 Å². The van der Waals surface area contributed by atoms with E-state index in [-0.39, 0.29) is 0 Å². The highest BCUT2D eigenvalue weighted by Crippen LogP contribution is 2.10. The van der Waals surface area contributed by atoms with Crippen LogP contribution in [-0.4, -0.2) is 33.5 Å². The van der Waals surface area contributed by atoms with Gasteiger partial charge in [-0.15, -0.1) is 6.58 Å². The molecule has 0 saturated carbocycles. The van der Waals surface area contributed by atoms with E-state index in [0.29, 0.717) is 13.1 Å². The zero-order valence-electron chi connectivity index (χ0n) is 14.0. The molecule has 24 heavy (non-hydrogen) atoms. The number of aliphatic hydroxyl groups excluding tert-OH is 2. The lowest BCUT2D eigenvalue weighted by molar-refractivity contribution is -0.00597. The molecule has 0 aliphatic carbocycles. The smallest absolute Gasteiger partial charge is 0.0997 e. The molecule has 3 N–H and O–H groups in total. The number of benzene rings is 2. The van der Waals surface area contributed by atoms with Gasteiger partial charge in [0.1, 0.15) is 0 Å². The average Bonchev–Trinajstić information content (AvgIpc) is 2.60. The number of rotatable bonds is 9. The second-order valence-corrected chi connectivity index (χ2v) is 5.95. The molecule has 0 fully saturated rings. The van der Waals surface area contributed by atoms with E-state index in [4.69, 9.17) is 0 Å². The third-order valence-electron chi connectivity index (χ3n) is 3.88. The maximum Gasteiger partial charge on any atom is 0.0997 e. The van der Waals surface area contributed by atoms with Crippen molar-refractivity contribution in [3.8, 4) is 0 Å². The maximum absolute atomic E-state index is 10.2. The fraction of sp³-hybridized carbons (Fsp3) is 0.300. The zero-order chi connectivity index (χ0) is 17.4. The normalized spacial score (nSPS) is 15.0. The quantitative estimate of drug-likeness (QED) is 0.489. The van der Waals surface area contributed by atoms with Crippen LogP contribution in [0.2, 0.25) is 0 Å². The fourth-order valence-corrected chi connectivity index (χ4v) is 2.53. The Hall–Kier alpha value is -1.98. The third kappa shape index (κ3) is 5.58. The van der Waals surface area contributed by atoms with Gasteiger partial charge in [-0.3, -0.25) is 0 Å². The van der Waals surface area contributed by atoms with Crippen molar-refractivity contribution in [2.75, 3.05) is 0 Å². The topological polar surface area (TPSA) is 55.7 Å². The monoisotopic (exact) mass is 326 g/mol. The molecule has 0 aromatic heterocycles. The van der Waals surface area contributed by atoms with Gasteiger partial charge in [-0.05, 0) is 18.1 Å². The number of aliphatic hydroxyl groups is 2. The number of hydrogen-bond acceptors (Lipinski definition) is 4. The summed E-state index contributed by atoms with van der Waals surface area (Å²) in [7, 11) is 0. The molecule has 3 atom stereocenters. The van der Waals surface area contributed by atoms with Crippen LogP contribution in [0.1, 0.15) is 18.1 Å². The molecule has 0 aliphatic heterocycles. The van der Waals surface area contributed by atoms with Crippen LogP contribution in [0.25, 0.3) is 0 Å². The highest BCUT2D eigenvalue weighted by Gasteiger charge is 2.23. The summed E-state index contributed by atoms with van der Waals surface area (Å²) in [4.78, 5) is 0. The first-order chi connectivity index (χ1) is 11.6. The molecule has 0 heterocycles. The Morgan fingerprint density at radius 3 is 1.79 bits per heavy atom. The summed E-state index contributed by atoms with van der Waals surface area (Å²) in [5.74, 6) is 0. The van der Waals surface area contributed by atoms with E-state index < -0.39 is 18.2 Å². The van der Waals surface area contributed by atoms with Gasteiger partial charge in [-0.1, -0.05) is 66.7 Å². The number of nitrogens with zero attached hydrogens (tertiary/aromatic N) is 1. The second kappa shape index (κ2) is 9.35. The van der Waals surface area contributed by atoms with Crippen molar-refractivity contribution in [3.63, 3.8) is 0 Å². The molecule has 0 bridgehead atoms. The van der Waals surface area contributed by atoms with Crippen LogP contribution in [0, 0.1) is 0 Å². The second-order valence-electron chi connectivity index (χ2n) is 5.95. The summed E-state index contributed by atoms with van der Waals surface area (Å²) >= 11 is 0. The predicted molar refractivity (Wildman–Crippen MR) is 96.9 cm³/mol. The van der Waals surface area contributed by atoms with Crippen LogP contribution in [0.5, 0.6) is 0 Å². The van der Waals surface area contributed by atoms with Crippen LogP contribution in [0.4, 0.5) is 0 Å². The lowest BCUT2D eigenvalue weighted by Crippen LogP contribution is -2.51. The first-order valence-corrected chi connectivity index (χ1v) is 8.18. The Bertz CT molecular complexity index is 560. The van der Waals surface area contributed by atoms with Crippen molar-refractivity contribution in [1.29, 1.82) is 0 Å². The largest absolute Gasteiger partial charge is 0.391 e. The first-order valence-electron chi connectivity index (χ1n) is 8.18. The number of nitrogens with one attached hydrogen (secondary N) is 1. The maximum atomic E-state index is 10.2. The minimum absolute atomic E-state index is 0.433. The summed E-state index contributed by atoms with van der Waals surface area (Å²) in [6, 6.07) is 19.8. The van der Waals surface area contributed by atoms with Crippen LogP contribution >= 0.6 is 0 Å². The van der Waals surface area contributed by atoms with Gasteiger partial charge in [0.15, 0.2) is 0 Å². The Morgan fingerprint density at radius 2 is 1.42 bits per heavy atom. The summed E-state index contributed by atoms with van der Waals surface area (Å²) in [5.41, 5.74) is 5.61. The molecule has 4 nitrogen and oxygen atoms in total. The van der Waals surface area contributed by atoms with E-state index >= 15 is 0 Å². The molecule has 2 aromatic rings. The van der Waals surface area contributed by atoms with Crippen molar-refractivity contribution >= 4 is 0 Å². The van der Waals surface area contributed by atoms with Gasteiger partial charge < -0.3 is 10.2 Å². The van der Waals surface area contributed by atoms with E-state index in [1.165, 1.54) is 0 Å². The average molecular weight is 326 g/mol. The van der Waals surface area contributed by atoms with Crippen molar-refractivity contribution in [2.24, 2.45) is 0 Å². The Balaban J connectivity index is 2.13. The minimum atomic E-state index is -0.920. The predicted octanol–water partition coefficient (Wildman–Crippen LogP) is 2.49. The molecule has 0 unspecified atom stereocenters. The molecular weight excluding hydrogens is 300 g/mol. The number of hydrazine groups is 1. The first kappa shape index (κ1) is 18.4. The molecule has 2 rings (SSSR count). The van der Waals surface area contributed by atoms with Gasteiger partial charge in [0.05, 0.1) is 18.2 Å². The third-order valence-corrected chi connectivity index (χ3v) is 3.88. The van der Waals surface area contributed by atoms with Gasteiger partial charge in [-0.25, -0.2) is 10.4 Å². The Labute approximate surface area is 144 Å². The van der Waals surface area contributed by atoms with Gasteiger partial charge in [0.2, 0.25) is 0 Å². The van der Waals surface area contributed by atoms with E-state index in [2.05, 4.69) is 36.3 Å². The lowest BCUT2D eigenvalue weighted by atomic mass is 10.1. The van der Waals surface area contributed by atoms with Crippen molar-refractivity contribution < 1.29 is 10.2 Å². The number of hydrogen-bond donors (Lipinski definition) is 3. The molecule has 0 spiro atoms. The molecule has 128 valence electrons. The van der Waals surface area contributed by atoms with Crippen molar-refractivity contribution in [3.05, 3.63) is 84.4 Å².